The lowest BCUT2D eigenvalue weighted by molar-refractivity contribution is -0.136. The van der Waals surface area contributed by atoms with Crippen LogP contribution < -0.4 is 5.32 Å². The van der Waals surface area contributed by atoms with Crippen LogP contribution in [0.4, 0.5) is 8.78 Å². The molecule has 2 fully saturated rings. The van der Waals surface area contributed by atoms with E-state index in [9.17, 15) is 23.2 Å². The third-order valence-electron chi connectivity index (χ3n) is 7.39. The van der Waals surface area contributed by atoms with Crippen molar-refractivity contribution in [3.63, 3.8) is 0 Å². The number of benzene rings is 2. The Kier molecular flexibility index (Phi) is 5.93. The SMILES string of the molecule is Cc1ccc(F)cc1CN1CCC(c2cc(F)cc3c2CN(C2CCC(=O)NC2=O)C3=O)CC1. The van der Waals surface area contributed by atoms with Crippen molar-refractivity contribution >= 4 is 17.7 Å². The van der Waals surface area contributed by atoms with E-state index in [0.29, 0.717) is 12.1 Å². The Balaban J connectivity index is 1.32. The molecule has 2 aromatic rings. The number of piperidine rings is 2. The van der Waals surface area contributed by atoms with Gasteiger partial charge >= 0.3 is 0 Å². The van der Waals surface area contributed by atoms with Crippen molar-refractivity contribution in [1.29, 1.82) is 0 Å². The maximum atomic E-state index is 14.6. The lowest BCUT2D eigenvalue weighted by Crippen LogP contribution is -2.52. The maximum absolute atomic E-state index is 14.6. The Morgan fingerprint density at radius 1 is 1.00 bits per heavy atom. The van der Waals surface area contributed by atoms with Gasteiger partial charge < -0.3 is 4.90 Å². The molecular formula is C26H27F2N3O3. The van der Waals surface area contributed by atoms with E-state index in [1.54, 1.807) is 12.1 Å². The van der Waals surface area contributed by atoms with Gasteiger partial charge in [0.2, 0.25) is 11.8 Å². The highest BCUT2D eigenvalue weighted by atomic mass is 19.1. The fourth-order valence-corrected chi connectivity index (χ4v) is 5.47. The first kappa shape index (κ1) is 22.7. The van der Waals surface area contributed by atoms with Crippen molar-refractivity contribution in [3.8, 4) is 0 Å². The van der Waals surface area contributed by atoms with Crippen LogP contribution in [0.15, 0.2) is 30.3 Å². The summed E-state index contributed by atoms with van der Waals surface area (Å²) in [5.74, 6) is -1.76. The summed E-state index contributed by atoms with van der Waals surface area (Å²) in [6, 6.07) is 6.90. The Morgan fingerprint density at radius 3 is 2.50 bits per heavy atom. The zero-order valence-corrected chi connectivity index (χ0v) is 19.1. The average molecular weight is 468 g/mol. The number of fused-ring (bicyclic) bond motifs is 1. The number of amides is 3. The van der Waals surface area contributed by atoms with Crippen LogP contribution in [0.25, 0.3) is 0 Å². The molecule has 0 saturated carbocycles. The minimum absolute atomic E-state index is 0.101. The molecule has 2 aromatic carbocycles. The van der Waals surface area contributed by atoms with Crippen molar-refractivity contribution in [2.45, 2.75) is 57.7 Å². The van der Waals surface area contributed by atoms with E-state index in [-0.39, 0.29) is 42.9 Å². The first-order valence-corrected chi connectivity index (χ1v) is 11.7. The third-order valence-corrected chi connectivity index (χ3v) is 7.39. The minimum Gasteiger partial charge on any atom is -0.322 e. The lowest BCUT2D eigenvalue weighted by atomic mass is 9.85. The van der Waals surface area contributed by atoms with Crippen molar-refractivity contribution in [3.05, 3.63) is 69.8 Å². The monoisotopic (exact) mass is 467 g/mol. The van der Waals surface area contributed by atoms with E-state index in [1.165, 1.54) is 23.1 Å². The summed E-state index contributed by atoms with van der Waals surface area (Å²) in [4.78, 5) is 40.7. The smallest absolute Gasteiger partial charge is 0.255 e. The van der Waals surface area contributed by atoms with Gasteiger partial charge in [0.25, 0.3) is 5.91 Å². The van der Waals surface area contributed by atoms with E-state index < -0.39 is 17.8 Å². The number of likely N-dealkylation sites (tertiary alicyclic amines) is 1. The summed E-state index contributed by atoms with van der Waals surface area (Å²) in [6.45, 7) is 4.47. The Morgan fingerprint density at radius 2 is 1.76 bits per heavy atom. The van der Waals surface area contributed by atoms with Gasteiger partial charge in [-0.3, -0.25) is 24.6 Å². The zero-order chi connectivity index (χ0) is 24.0. The molecule has 2 saturated heterocycles. The molecule has 3 amide bonds. The highest BCUT2D eigenvalue weighted by molar-refractivity contribution is 6.05. The van der Waals surface area contributed by atoms with Crippen LogP contribution in [0, 0.1) is 18.6 Å². The van der Waals surface area contributed by atoms with Gasteiger partial charge in [-0.15, -0.1) is 0 Å². The molecule has 3 aliphatic rings. The second-order valence-electron chi connectivity index (χ2n) is 9.54. The fourth-order valence-electron chi connectivity index (χ4n) is 5.47. The van der Waals surface area contributed by atoms with E-state index in [2.05, 4.69) is 10.2 Å². The summed E-state index contributed by atoms with van der Waals surface area (Å²) in [6.07, 6.45) is 2.06. The Bertz CT molecular complexity index is 1170. The van der Waals surface area contributed by atoms with Gasteiger partial charge in [0.05, 0.1) is 0 Å². The van der Waals surface area contributed by atoms with Crippen molar-refractivity contribution in [2.75, 3.05) is 13.1 Å². The molecule has 8 heteroatoms. The second kappa shape index (κ2) is 8.91. The quantitative estimate of drug-likeness (QED) is 0.700. The molecule has 5 rings (SSSR count). The maximum Gasteiger partial charge on any atom is 0.255 e. The van der Waals surface area contributed by atoms with E-state index >= 15 is 0 Å². The summed E-state index contributed by atoms with van der Waals surface area (Å²) < 4.78 is 28.2. The summed E-state index contributed by atoms with van der Waals surface area (Å²) in [5.41, 5.74) is 3.96. The van der Waals surface area contributed by atoms with Gasteiger partial charge in [0.15, 0.2) is 0 Å². The van der Waals surface area contributed by atoms with Crippen molar-refractivity contribution in [2.24, 2.45) is 0 Å². The van der Waals surface area contributed by atoms with Crippen LogP contribution in [0.1, 0.15) is 64.2 Å². The number of rotatable bonds is 4. The molecular weight excluding hydrogens is 440 g/mol. The van der Waals surface area contributed by atoms with E-state index in [4.69, 9.17) is 0 Å². The standard InChI is InChI=1S/C26H27F2N3O3/c1-15-2-3-18(27)10-17(15)13-30-8-6-16(7-9-30)20-11-19(28)12-21-22(20)14-31(26(21)34)23-4-5-24(32)29-25(23)33/h2-3,10-12,16,23H,4-9,13-14H2,1H3,(H,29,32,33). The molecule has 1 atom stereocenters. The van der Waals surface area contributed by atoms with E-state index in [1.807, 2.05) is 6.92 Å². The largest absolute Gasteiger partial charge is 0.322 e. The summed E-state index contributed by atoms with van der Waals surface area (Å²) in [5, 5.41) is 2.30. The molecule has 0 radical (unpaired) electrons. The number of hydrogen-bond donors (Lipinski definition) is 1. The second-order valence-corrected chi connectivity index (χ2v) is 9.54. The van der Waals surface area contributed by atoms with Crippen LogP contribution >= 0.6 is 0 Å². The molecule has 1 unspecified atom stereocenters. The van der Waals surface area contributed by atoms with Gasteiger partial charge in [-0.25, -0.2) is 8.78 Å². The number of nitrogens with one attached hydrogen (secondary N) is 1. The van der Waals surface area contributed by atoms with Gasteiger partial charge in [-0.05, 0) is 91.7 Å². The molecule has 34 heavy (non-hydrogen) atoms. The predicted molar refractivity (Wildman–Crippen MR) is 121 cm³/mol. The van der Waals surface area contributed by atoms with Gasteiger partial charge in [-0.1, -0.05) is 6.07 Å². The molecule has 3 heterocycles. The summed E-state index contributed by atoms with van der Waals surface area (Å²) in [7, 11) is 0. The molecule has 0 aliphatic carbocycles. The topological polar surface area (TPSA) is 69.7 Å². The number of aryl methyl sites for hydroxylation is 1. The molecule has 6 nitrogen and oxygen atoms in total. The number of halogens is 2. The molecule has 0 bridgehead atoms. The van der Waals surface area contributed by atoms with Gasteiger partial charge in [0.1, 0.15) is 17.7 Å². The predicted octanol–water partition coefficient (Wildman–Crippen LogP) is 3.41. The summed E-state index contributed by atoms with van der Waals surface area (Å²) >= 11 is 0. The number of hydrogen-bond acceptors (Lipinski definition) is 4. The van der Waals surface area contributed by atoms with Crippen molar-refractivity contribution < 1.29 is 23.2 Å². The molecule has 178 valence electrons. The number of carbonyl (C=O) groups excluding carboxylic acids is 3. The third kappa shape index (κ3) is 4.22. The highest BCUT2D eigenvalue weighted by Gasteiger charge is 2.41. The van der Waals surface area contributed by atoms with Crippen LogP contribution in [-0.2, 0) is 22.7 Å². The number of carbonyl (C=O) groups is 3. The van der Waals surface area contributed by atoms with Crippen LogP contribution in [0.5, 0.6) is 0 Å². The molecule has 0 spiro atoms. The normalized spacial score (nSPS) is 21.7. The first-order valence-electron chi connectivity index (χ1n) is 11.7. The molecule has 3 aliphatic heterocycles. The lowest BCUT2D eigenvalue weighted by Gasteiger charge is -2.33. The minimum atomic E-state index is -0.718. The fraction of sp³-hybridized carbons (Fsp3) is 0.423. The van der Waals surface area contributed by atoms with Crippen LogP contribution in [0.3, 0.4) is 0 Å². The van der Waals surface area contributed by atoms with Crippen molar-refractivity contribution in [1.82, 2.24) is 15.1 Å². The average Bonchev–Trinajstić information content (AvgIpc) is 3.12. The number of nitrogens with zero attached hydrogens (tertiary/aromatic N) is 2. The highest BCUT2D eigenvalue weighted by Crippen LogP contribution is 2.38. The Labute approximate surface area is 196 Å². The molecule has 1 N–H and O–H groups in total. The van der Waals surface area contributed by atoms with E-state index in [0.717, 1.165) is 48.2 Å². The zero-order valence-electron chi connectivity index (χ0n) is 19.1. The van der Waals surface area contributed by atoms with Crippen LogP contribution in [-0.4, -0.2) is 46.7 Å². The van der Waals surface area contributed by atoms with Gasteiger partial charge in [-0.2, -0.15) is 0 Å². The Hall–Kier alpha value is -3.13. The molecule has 0 aromatic heterocycles. The van der Waals surface area contributed by atoms with Crippen LogP contribution in [0.2, 0.25) is 0 Å². The van der Waals surface area contributed by atoms with Gasteiger partial charge in [0, 0.05) is 25.1 Å². The first-order chi connectivity index (χ1) is 16.3. The number of imide groups is 1.